The van der Waals surface area contributed by atoms with Crippen LogP contribution in [0.5, 0.6) is 5.75 Å². The SMILES string of the molecule is Cc1cc(O)c(Cl)c(C)c1C(=O)CN. The highest BCUT2D eigenvalue weighted by atomic mass is 35.5. The molecule has 0 aliphatic rings. The molecular formula is C10H12ClNO2. The first kappa shape index (κ1) is 11.0. The minimum absolute atomic E-state index is 0.00441. The summed E-state index contributed by atoms with van der Waals surface area (Å²) in [4.78, 5) is 11.5. The predicted octanol–water partition coefficient (Wildman–Crippen LogP) is 1.80. The molecular weight excluding hydrogens is 202 g/mol. The van der Waals surface area contributed by atoms with E-state index in [9.17, 15) is 9.90 Å². The van der Waals surface area contributed by atoms with Gasteiger partial charge >= 0.3 is 0 Å². The number of carbonyl (C=O) groups is 1. The maximum absolute atomic E-state index is 11.5. The number of aromatic hydroxyl groups is 1. The van der Waals surface area contributed by atoms with Crippen LogP contribution in [-0.2, 0) is 0 Å². The van der Waals surface area contributed by atoms with E-state index in [1.54, 1.807) is 13.8 Å². The Kier molecular flexibility index (Phi) is 3.13. The summed E-state index contributed by atoms with van der Waals surface area (Å²) < 4.78 is 0. The Hall–Kier alpha value is -1.06. The van der Waals surface area contributed by atoms with Gasteiger partial charge in [-0.25, -0.2) is 0 Å². The summed E-state index contributed by atoms with van der Waals surface area (Å²) in [5.74, 6) is -0.169. The second-order valence-electron chi connectivity index (χ2n) is 3.15. The van der Waals surface area contributed by atoms with Crippen molar-refractivity contribution in [3.63, 3.8) is 0 Å². The molecule has 76 valence electrons. The number of phenols is 1. The fraction of sp³-hybridized carbons (Fsp3) is 0.300. The molecule has 3 nitrogen and oxygen atoms in total. The van der Waals surface area contributed by atoms with Crippen molar-refractivity contribution in [1.29, 1.82) is 0 Å². The zero-order valence-corrected chi connectivity index (χ0v) is 8.85. The Balaban J connectivity index is 3.44. The van der Waals surface area contributed by atoms with Crippen molar-refractivity contribution in [3.8, 4) is 5.75 Å². The smallest absolute Gasteiger partial charge is 0.176 e. The molecule has 0 fully saturated rings. The van der Waals surface area contributed by atoms with Crippen LogP contribution in [0.1, 0.15) is 21.5 Å². The van der Waals surface area contributed by atoms with E-state index in [1.165, 1.54) is 6.07 Å². The van der Waals surface area contributed by atoms with E-state index in [0.717, 1.165) is 0 Å². The van der Waals surface area contributed by atoms with Crippen molar-refractivity contribution in [3.05, 3.63) is 27.8 Å². The molecule has 1 aromatic rings. The molecule has 0 spiro atoms. The second kappa shape index (κ2) is 3.98. The topological polar surface area (TPSA) is 63.3 Å². The number of hydrogen-bond acceptors (Lipinski definition) is 3. The van der Waals surface area contributed by atoms with Crippen LogP contribution in [0.3, 0.4) is 0 Å². The maximum Gasteiger partial charge on any atom is 0.176 e. The Morgan fingerprint density at radius 1 is 1.57 bits per heavy atom. The summed E-state index contributed by atoms with van der Waals surface area (Å²) >= 11 is 5.81. The monoisotopic (exact) mass is 213 g/mol. The van der Waals surface area contributed by atoms with Crippen LogP contribution in [0.25, 0.3) is 0 Å². The van der Waals surface area contributed by atoms with Crippen LogP contribution in [0.15, 0.2) is 6.07 Å². The van der Waals surface area contributed by atoms with E-state index in [2.05, 4.69) is 0 Å². The summed E-state index contributed by atoms with van der Waals surface area (Å²) in [5.41, 5.74) is 7.06. The summed E-state index contributed by atoms with van der Waals surface area (Å²) in [6, 6.07) is 1.47. The van der Waals surface area contributed by atoms with Gasteiger partial charge in [0.2, 0.25) is 0 Å². The number of carbonyl (C=O) groups excluding carboxylic acids is 1. The van der Waals surface area contributed by atoms with E-state index in [1.807, 2.05) is 0 Å². The zero-order valence-electron chi connectivity index (χ0n) is 8.10. The van der Waals surface area contributed by atoms with Gasteiger partial charge in [-0.1, -0.05) is 11.6 Å². The van der Waals surface area contributed by atoms with Crippen LogP contribution >= 0.6 is 11.6 Å². The minimum Gasteiger partial charge on any atom is -0.506 e. The van der Waals surface area contributed by atoms with E-state index in [-0.39, 0.29) is 23.1 Å². The molecule has 0 heterocycles. The van der Waals surface area contributed by atoms with E-state index < -0.39 is 0 Å². The molecule has 3 N–H and O–H groups in total. The lowest BCUT2D eigenvalue weighted by molar-refractivity contribution is 0.1000. The molecule has 0 amide bonds. The highest BCUT2D eigenvalue weighted by molar-refractivity contribution is 6.33. The first-order valence-corrected chi connectivity index (χ1v) is 4.58. The Morgan fingerprint density at radius 2 is 2.14 bits per heavy atom. The first-order chi connectivity index (χ1) is 6.49. The van der Waals surface area contributed by atoms with Gasteiger partial charge in [-0.3, -0.25) is 4.79 Å². The standard InChI is InChI=1S/C10H12ClNO2/c1-5-3-7(13)10(11)6(2)9(5)8(14)4-12/h3,13H,4,12H2,1-2H3. The number of nitrogens with two attached hydrogens (primary N) is 1. The fourth-order valence-electron chi connectivity index (χ4n) is 1.47. The Labute approximate surface area is 87.5 Å². The second-order valence-corrected chi connectivity index (χ2v) is 3.53. The predicted molar refractivity (Wildman–Crippen MR) is 56.0 cm³/mol. The molecule has 0 aliphatic heterocycles. The van der Waals surface area contributed by atoms with Crippen LogP contribution in [-0.4, -0.2) is 17.4 Å². The van der Waals surface area contributed by atoms with Crippen molar-refractivity contribution in [1.82, 2.24) is 0 Å². The summed E-state index contributed by atoms with van der Waals surface area (Å²) in [7, 11) is 0. The normalized spacial score (nSPS) is 10.3. The van der Waals surface area contributed by atoms with Crippen LogP contribution in [0, 0.1) is 13.8 Å². The molecule has 0 atom stereocenters. The van der Waals surface area contributed by atoms with Gasteiger partial charge in [-0.15, -0.1) is 0 Å². The average molecular weight is 214 g/mol. The number of aryl methyl sites for hydroxylation is 1. The molecule has 4 heteroatoms. The molecule has 1 rings (SSSR count). The molecule has 0 bridgehead atoms. The van der Waals surface area contributed by atoms with Crippen molar-refractivity contribution < 1.29 is 9.90 Å². The molecule has 0 saturated heterocycles. The van der Waals surface area contributed by atoms with E-state index in [4.69, 9.17) is 17.3 Å². The highest BCUT2D eigenvalue weighted by Crippen LogP contribution is 2.31. The van der Waals surface area contributed by atoms with Crippen molar-refractivity contribution in [2.45, 2.75) is 13.8 Å². The third-order valence-corrected chi connectivity index (χ3v) is 2.62. The van der Waals surface area contributed by atoms with Crippen LogP contribution < -0.4 is 5.73 Å². The van der Waals surface area contributed by atoms with Gasteiger partial charge in [0.15, 0.2) is 5.78 Å². The van der Waals surface area contributed by atoms with Crippen molar-refractivity contribution in [2.24, 2.45) is 5.73 Å². The highest BCUT2D eigenvalue weighted by Gasteiger charge is 2.15. The van der Waals surface area contributed by atoms with Gasteiger partial charge in [-0.05, 0) is 31.0 Å². The van der Waals surface area contributed by atoms with Gasteiger partial charge in [0.25, 0.3) is 0 Å². The van der Waals surface area contributed by atoms with Crippen LogP contribution in [0.4, 0.5) is 0 Å². The summed E-state index contributed by atoms with van der Waals surface area (Å²) in [6.07, 6.45) is 0. The number of hydrogen-bond donors (Lipinski definition) is 2. The van der Waals surface area contributed by atoms with E-state index >= 15 is 0 Å². The third-order valence-electron chi connectivity index (χ3n) is 2.14. The lowest BCUT2D eigenvalue weighted by Gasteiger charge is -2.10. The fourth-order valence-corrected chi connectivity index (χ4v) is 1.62. The number of benzene rings is 1. The third kappa shape index (κ3) is 1.74. The molecule has 0 aliphatic carbocycles. The largest absolute Gasteiger partial charge is 0.506 e. The van der Waals surface area contributed by atoms with Gasteiger partial charge < -0.3 is 10.8 Å². The number of phenolic OH excluding ortho intramolecular Hbond substituents is 1. The van der Waals surface area contributed by atoms with Gasteiger partial charge in [0.05, 0.1) is 11.6 Å². The quantitative estimate of drug-likeness (QED) is 0.737. The van der Waals surface area contributed by atoms with Gasteiger partial charge in [0.1, 0.15) is 5.75 Å². The van der Waals surface area contributed by atoms with Crippen LogP contribution in [0.2, 0.25) is 5.02 Å². The Morgan fingerprint density at radius 3 is 2.64 bits per heavy atom. The maximum atomic E-state index is 11.5. The lowest BCUT2D eigenvalue weighted by atomic mass is 9.98. The number of Topliss-reactive ketones (excluding diaryl/α,β-unsaturated/α-hetero) is 1. The zero-order chi connectivity index (χ0) is 10.9. The number of halogens is 1. The average Bonchev–Trinajstić information content (AvgIpc) is 2.14. The lowest BCUT2D eigenvalue weighted by Crippen LogP contribution is -2.16. The minimum atomic E-state index is -0.165. The summed E-state index contributed by atoms with van der Waals surface area (Å²) in [5, 5.41) is 9.60. The molecule has 0 saturated carbocycles. The number of rotatable bonds is 2. The van der Waals surface area contributed by atoms with Gasteiger partial charge in [-0.2, -0.15) is 0 Å². The van der Waals surface area contributed by atoms with Crippen molar-refractivity contribution in [2.75, 3.05) is 6.54 Å². The van der Waals surface area contributed by atoms with Gasteiger partial charge in [0, 0.05) is 5.56 Å². The molecule has 14 heavy (non-hydrogen) atoms. The summed E-state index contributed by atoms with van der Waals surface area (Å²) in [6.45, 7) is 3.38. The molecule has 0 radical (unpaired) electrons. The first-order valence-electron chi connectivity index (χ1n) is 4.21. The van der Waals surface area contributed by atoms with Crippen molar-refractivity contribution >= 4 is 17.4 Å². The molecule has 0 aromatic heterocycles. The van der Waals surface area contributed by atoms with E-state index in [0.29, 0.717) is 16.7 Å². The Bertz CT molecular complexity index is 388. The molecule has 0 unspecified atom stereocenters. The number of ketones is 1. The molecule has 1 aromatic carbocycles.